The van der Waals surface area contributed by atoms with Crippen LogP contribution in [0.4, 0.5) is 4.79 Å². The van der Waals surface area contributed by atoms with Gasteiger partial charge in [0.1, 0.15) is 11.9 Å². The number of benzene rings is 1. The molecule has 3 aromatic rings. The smallest absolute Gasteiger partial charge is 0.407 e. The van der Waals surface area contributed by atoms with Gasteiger partial charge in [0.25, 0.3) is 0 Å². The molecule has 10 heteroatoms. The normalized spacial score (nSPS) is 22.0. The number of aliphatic hydroxyl groups excluding tert-OH is 1. The van der Waals surface area contributed by atoms with E-state index in [-0.39, 0.29) is 36.6 Å². The number of hydrogen-bond donors (Lipinski definition) is 3. The van der Waals surface area contributed by atoms with Crippen molar-refractivity contribution in [3.05, 3.63) is 65.7 Å². The lowest BCUT2D eigenvalue weighted by molar-refractivity contribution is -0.127. The van der Waals surface area contributed by atoms with E-state index >= 15 is 0 Å². The van der Waals surface area contributed by atoms with E-state index < -0.39 is 6.09 Å². The number of carbonyl (C=O) groups excluding carboxylic acids is 2. The Balaban J connectivity index is 1.28. The van der Waals surface area contributed by atoms with Crippen LogP contribution in [0.25, 0.3) is 11.1 Å². The van der Waals surface area contributed by atoms with Gasteiger partial charge in [0.05, 0.1) is 25.0 Å². The fraction of sp³-hybridized carbons (Fsp3) is 0.568. The maximum absolute atomic E-state index is 13.9. The zero-order chi connectivity index (χ0) is 33.3. The van der Waals surface area contributed by atoms with Gasteiger partial charge < -0.3 is 25.2 Å². The third-order valence-corrected chi connectivity index (χ3v) is 9.87. The first-order valence-electron chi connectivity index (χ1n) is 17.3. The quantitative estimate of drug-likeness (QED) is 0.188. The zero-order valence-electron chi connectivity index (χ0n) is 28.3. The second-order valence-electron chi connectivity index (χ2n) is 13.4. The third kappa shape index (κ3) is 8.91. The molecule has 2 amide bonds. The SMILES string of the molecule is COc1ccc([C@H]2CC[C@H](C(NC(=O)[C@H]3CC[C@H](OC(=O)NCCCO)CC3)c3cccc(-c4cnn(C(C)C)c4)c3)CC2)nc1C. The van der Waals surface area contributed by atoms with Crippen LogP contribution >= 0.6 is 0 Å². The Kier molecular flexibility index (Phi) is 11.9. The fourth-order valence-corrected chi connectivity index (χ4v) is 7.09. The first-order valence-corrected chi connectivity index (χ1v) is 17.3. The molecule has 0 bridgehead atoms. The van der Waals surface area contributed by atoms with E-state index in [4.69, 9.17) is 19.6 Å². The maximum Gasteiger partial charge on any atom is 0.407 e. The van der Waals surface area contributed by atoms with Gasteiger partial charge in [0.15, 0.2) is 0 Å². The maximum atomic E-state index is 13.9. The van der Waals surface area contributed by atoms with E-state index in [1.165, 1.54) is 0 Å². The van der Waals surface area contributed by atoms with Crippen LogP contribution in [-0.4, -0.2) is 58.2 Å². The average molecular weight is 646 g/mol. The van der Waals surface area contributed by atoms with Crippen molar-refractivity contribution in [1.29, 1.82) is 0 Å². The molecule has 1 aromatic carbocycles. The van der Waals surface area contributed by atoms with Crippen LogP contribution in [-0.2, 0) is 9.53 Å². The van der Waals surface area contributed by atoms with Gasteiger partial charge in [0.2, 0.25) is 5.91 Å². The summed E-state index contributed by atoms with van der Waals surface area (Å²) in [6, 6.07) is 12.8. The van der Waals surface area contributed by atoms with Gasteiger partial charge in [-0.15, -0.1) is 0 Å². The van der Waals surface area contributed by atoms with Gasteiger partial charge in [-0.1, -0.05) is 18.2 Å². The van der Waals surface area contributed by atoms with Gasteiger partial charge in [-0.05, 0) is 114 Å². The first-order chi connectivity index (χ1) is 22.7. The molecule has 254 valence electrons. The summed E-state index contributed by atoms with van der Waals surface area (Å²) in [7, 11) is 1.68. The molecule has 0 radical (unpaired) electrons. The highest BCUT2D eigenvalue weighted by Crippen LogP contribution is 2.42. The summed E-state index contributed by atoms with van der Waals surface area (Å²) in [4.78, 5) is 30.8. The molecule has 2 aliphatic carbocycles. The standard InChI is InChI=1S/C37H51N5O5/c1-24(2)42-23-31(22-39-42)29-7-5-8-30(21-29)35(27-11-9-26(10-12-27)33-17-18-34(46-4)25(3)40-33)41-36(44)28-13-15-32(16-14-28)47-37(45)38-19-6-20-43/h5,7-8,17-18,21-24,26-28,32,35,43H,6,9-16,19-20H2,1-4H3,(H,38,45)(H,41,44)/t26-,27-,28-,32-,35?. The van der Waals surface area contributed by atoms with Crippen LogP contribution in [0, 0.1) is 18.8 Å². The van der Waals surface area contributed by atoms with Crippen LogP contribution in [0.3, 0.4) is 0 Å². The lowest BCUT2D eigenvalue weighted by atomic mass is 9.75. The van der Waals surface area contributed by atoms with E-state index in [0.717, 1.165) is 59.5 Å². The molecule has 0 spiro atoms. The van der Waals surface area contributed by atoms with Crippen LogP contribution < -0.4 is 15.4 Å². The van der Waals surface area contributed by atoms with Gasteiger partial charge >= 0.3 is 6.09 Å². The lowest BCUT2D eigenvalue weighted by Crippen LogP contribution is -2.40. The molecule has 0 aliphatic heterocycles. The molecule has 2 fully saturated rings. The molecule has 5 rings (SSSR count). The van der Waals surface area contributed by atoms with Gasteiger partial charge in [-0.2, -0.15) is 5.10 Å². The number of nitrogens with zero attached hydrogens (tertiary/aromatic N) is 3. The first kappa shape index (κ1) is 34.4. The van der Waals surface area contributed by atoms with Crippen molar-refractivity contribution in [3.63, 3.8) is 0 Å². The molecule has 2 aromatic heterocycles. The Morgan fingerprint density at radius 3 is 2.45 bits per heavy atom. The van der Waals surface area contributed by atoms with E-state index in [1.54, 1.807) is 7.11 Å². The summed E-state index contributed by atoms with van der Waals surface area (Å²) in [6.45, 7) is 6.63. The predicted octanol–water partition coefficient (Wildman–Crippen LogP) is 6.64. The van der Waals surface area contributed by atoms with Crippen molar-refractivity contribution >= 4 is 12.0 Å². The minimum atomic E-state index is -0.458. The Bertz CT molecular complexity index is 1470. The summed E-state index contributed by atoms with van der Waals surface area (Å²) in [5.74, 6) is 1.45. The highest BCUT2D eigenvalue weighted by molar-refractivity contribution is 5.79. The van der Waals surface area contributed by atoms with Crippen LogP contribution in [0.1, 0.15) is 107 Å². The number of aromatic nitrogens is 3. The number of amides is 2. The van der Waals surface area contributed by atoms with Crippen molar-refractivity contribution in [2.24, 2.45) is 11.8 Å². The molecule has 2 aliphatic rings. The molecule has 1 unspecified atom stereocenters. The molecule has 2 saturated carbocycles. The van der Waals surface area contributed by atoms with Crippen LogP contribution in [0.15, 0.2) is 48.8 Å². The minimum Gasteiger partial charge on any atom is -0.495 e. The van der Waals surface area contributed by atoms with Crippen molar-refractivity contribution in [1.82, 2.24) is 25.4 Å². The van der Waals surface area contributed by atoms with Crippen molar-refractivity contribution in [2.75, 3.05) is 20.3 Å². The van der Waals surface area contributed by atoms with E-state index in [9.17, 15) is 9.59 Å². The zero-order valence-corrected chi connectivity index (χ0v) is 28.3. The molecule has 1 atom stereocenters. The molecule has 0 saturated heterocycles. The van der Waals surface area contributed by atoms with E-state index in [0.29, 0.717) is 50.5 Å². The highest BCUT2D eigenvalue weighted by Gasteiger charge is 2.34. The third-order valence-electron chi connectivity index (χ3n) is 9.87. The Labute approximate surface area is 278 Å². The van der Waals surface area contributed by atoms with E-state index in [2.05, 4.69) is 66.1 Å². The second-order valence-corrected chi connectivity index (χ2v) is 13.4. The highest BCUT2D eigenvalue weighted by atomic mass is 16.6. The van der Waals surface area contributed by atoms with Crippen molar-refractivity contribution in [3.8, 4) is 16.9 Å². The number of alkyl carbamates (subject to hydrolysis) is 1. The molecule has 47 heavy (non-hydrogen) atoms. The number of carbonyl (C=O) groups is 2. The van der Waals surface area contributed by atoms with Crippen LogP contribution in [0.5, 0.6) is 5.75 Å². The molecular weight excluding hydrogens is 594 g/mol. The Morgan fingerprint density at radius 2 is 1.79 bits per heavy atom. The van der Waals surface area contributed by atoms with Crippen molar-refractivity contribution < 1.29 is 24.2 Å². The number of pyridine rings is 1. The lowest BCUT2D eigenvalue weighted by Gasteiger charge is -2.36. The van der Waals surface area contributed by atoms with Crippen molar-refractivity contribution in [2.45, 2.75) is 103 Å². The summed E-state index contributed by atoms with van der Waals surface area (Å²) >= 11 is 0. The summed E-state index contributed by atoms with van der Waals surface area (Å²) in [5.41, 5.74) is 5.31. The van der Waals surface area contributed by atoms with Crippen LogP contribution in [0.2, 0.25) is 0 Å². The molecule has 10 nitrogen and oxygen atoms in total. The summed E-state index contributed by atoms with van der Waals surface area (Å²) < 4.78 is 13.0. The molecular formula is C37H51N5O5. The fourth-order valence-electron chi connectivity index (χ4n) is 7.09. The number of hydrogen-bond acceptors (Lipinski definition) is 7. The number of aliphatic hydroxyl groups is 1. The number of nitrogens with one attached hydrogen (secondary N) is 2. The van der Waals surface area contributed by atoms with Gasteiger partial charge in [0, 0.05) is 48.5 Å². The van der Waals surface area contributed by atoms with Gasteiger partial charge in [-0.3, -0.25) is 14.5 Å². The Hall–Kier alpha value is -3.92. The number of aryl methyl sites for hydroxylation is 1. The number of ether oxygens (including phenoxy) is 2. The molecule has 3 N–H and O–H groups in total. The summed E-state index contributed by atoms with van der Waals surface area (Å²) in [5, 5.41) is 19.7. The Morgan fingerprint density at radius 1 is 1.02 bits per heavy atom. The number of rotatable bonds is 12. The monoisotopic (exact) mass is 645 g/mol. The molecule has 2 heterocycles. The van der Waals surface area contributed by atoms with Gasteiger partial charge in [-0.25, -0.2) is 4.79 Å². The largest absolute Gasteiger partial charge is 0.495 e. The second kappa shape index (κ2) is 16.3. The summed E-state index contributed by atoms with van der Waals surface area (Å²) in [6.07, 6.45) is 10.5. The number of methoxy groups -OCH3 is 1. The topological polar surface area (TPSA) is 128 Å². The minimum absolute atomic E-state index is 0.0235. The average Bonchev–Trinajstić information content (AvgIpc) is 3.59. The predicted molar refractivity (Wildman–Crippen MR) is 181 cm³/mol. The van der Waals surface area contributed by atoms with E-state index in [1.807, 2.05) is 23.9 Å².